The molecule has 0 bridgehead atoms. The highest BCUT2D eigenvalue weighted by Gasteiger charge is 2.24. The first-order valence-corrected chi connectivity index (χ1v) is 9.14. The van der Waals surface area contributed by atoms with Gasteiger partial charge < -0.3 is 10.0 Å². The van der Waals surface area contributed by atoms with E-state index in [9.17, 15) is 9.50 Å². The minimum Gasteiger partial charge on any atom is -0.493 e. The predicted octanol–water partition coefficient (Wildman–Crippen LogP) is 3.75. The van der Waals surface area contributed by atoms with Crippen molar-refractivity contribution in [3.63, 3.8) is 0 Å². The third-order valence-electron chi connectivity index (χ3n) is 5.35. The molecule has 0 aliphatic carbocycles. The summed E-state index contributed by atoms with van der Waals surface area (Å²) in [6.07, 6.45) is 2.07. The van der Waals surface area contributed by atoms with Gasteiger partial charge in [0.25, 0.3) is 0 Å². The van der Waals surface area contributed by atoms with Gasteiger partial charge in [-0.2, -0.15) is 9.61 Å². The van der Waals surface area contributed by atoms with Crippen molar-refractivity contribution in [2.75, 3.05) is 19.6 Å². The molecule has 6 heteroatoms. The van der Waals surface area contributed by atoms with Crippen LogP contribution in [0.4, 0.5) is 4.39 Å². The van der Waals surface area contributed by atoms with Gasteiger partial charge in [-0.15, -0.1) is 0 Å². The smallest absolute Gasteiger partial charge is 0.215 e. The summed E-state index contributed by atoms with van der Waals surface area (Å²) in [5.74, 6) is 0.159. The van der Waals surface area contributed by atoms with E-state index in [-0.39, 0.29) is 11.7 Å². The molecule has 1 N–H and O–H groups in total. The van der Waals surface area contributed by atoms with Crippen LogP contribution in [0.15, 0.2) is 30.3 Å². The average Bonchev–Trinajstić information content (AvgIpc) is 2.99. The molecule has 0 radical (unpaired) electrons. The van der Waals surface area contributed by atoms with Crippen molar-refractivity contribution in [2.45, 2.75) is 32.6 Å². The Bertz CT molecular complexity index is 927. The van der Waals surface area contributed by atoms with E-state index in [1.165, 1.54) is 16.6 Å². The first kappa shape index (κ1) is 17.0. The van der Waals surface area contributed by atoms with E-state index in [4.69, 9.17) is 4.98 Å². The number of aryl methyl sites for hydroxylation is 1. The number of aromatic nitrogens is 3. The van der Waals surface area contributed by atoms with Crippen molar-refractivity contribution in [3.05, 3.63) is 47.5 Å². The summed E-state index contributed by atoms with van der Waals surface area (Å²) in [6, 6.07) is 8.06. The number of hydrogen-bond donors (Lipinski definition) is 1. The van der Waals surface area contributed by atoms with Gasteiger partial charge in [0.2, 0.25) is 5.88 Å². The van der Waals surface area contributed by atoms with Crippen LogP contribution in [0.25, 0.3) is 16.8 Å². The molecule has 3 heterocycles. The molecule has 0 unspecified atom stereocenters. The third kappa shape index (κ3) is 2.94. The maximum atomic E-state index is 13.3. The minimum atomic E-state index is -0.276. The molecule has 0 atom stereocenters. The number of halogens is 1. The highest BCUT2D eigenvalue weighted by atomic mass is 19.1. The average molecular weight is 354 g/mol. The Morgan fingerprint density at radius 2 is 1.88 bits per heavy atom. The quantitative estimate of drug-likeness (QED) is 0.778. The Balaban J connectivity index is 1.78. The summed E-state index contributed by atoms with van der Waals surface area (Å²) < 4.78 is 14.8. The Hall–Kier alpha value is -2.47. The molecule has 2 aromatic heterocycles. The predicted molar refractivity (Wildman–Crippen MR) is 98.9 cm³/mol. The van der Waals surface area contributed by atoms with E-state index in [1.807, 2.05) is 6.92 Å². The van der Waals surface area contributed by atoms with Gasteiger partial charge in [-0.25, -0.2) is 9.37 Å². The SMILES string of the molecule is CCN1CCC(c2cc(O)n3nc(C)c(-c4ccc(F)cc4)c3n2)CC1. The van der Waals surface area contributed by atoms with Crippen molar-refractivity contribution >= 4 is 5.65 Å². The first-order chi connectivity index (χ1) is 12.6. The molecule has 1 saturated heterocycles. The van der Waals surface area contributed by atoms with Crippen LogP contribution in [0.2, 0.25) is 0 Å². The Morgan fingerprint density at radius 3 is 2.54 bits per heavy atom. The molecule has 1 aromatic carbocycles. The minimum absolute atomic E-state index is 0.0967. The van der Waals surface area contributed by atoms with Crippen LogP contribution in [0.5, 0.6) is 5.88 Å². The lowest BCUT2D eigenvalue weighted by molar-refractivity contribution is 0.220. The standard InChI is InChI=1S/C20H23FN4O/c1-3-24-10-8-14(9-11-24)17-12-18(26)25-20(22-17)19(13(2)23-25)15-4-6-16(21)7-5-15/h4-7,12,14,26H,3,8-11H2,1-2H3. The largest absolute Gasteiger partial charge is 0.493 e. The van der Waals surface area contributed by atoms with E-state index in [2.05, 4.69) is 16.9 Å². The molecule has 0 saturated carbocycles. The van der Waals surface area contributed by atoms with Gasteiger partial charge in [0, 0.05) is 17.5 Å². The summed E-state index contributed by atoms with van der Waals surface area (Å²) in [4.78, 5) is 7.29. The van der Waals surface area contributed by atoms with Crippen LogP contribution in [0.1, 0.15) is 37.1 Å². The number of hydrogen-bond acceptors (Lipinski definition) is 4. The van der Waals surface area contributed by atoms with Crippen molar-refractivity contribution in [2.24, 2.45) is 0 Å². The number of nitrogens with zero attached hydrogens (tertiary/aromatic N) is 4. The van der Waals surface area contributed by atoms with E-state index in [0.717, 1.165) is 55.0 Å². The van der Waals surface area contributed by atoms with Crippen molar-refractivity contribution < 1.29 is 9.50 Å². The van der Waals surface area contributed by atoms with Crippen LogP contribution in [0, 0.1) is 12.7 Å². The number of likely N-dealkylation sites (tertiary alicyclic amines) is 1. The lowest BCUT2D eigenvalue weighted by atomic mass is 9.93. The zero-order chi connectivity index (χ0) is 18.3. The Kier molecular flexibility index (Phi) is 4.36. The molecule has 136 valence electrons. The molecule has 26 heavy (non-hydrogen) atoms. The van der Waals surface area contributed by atoms with E-state index < -0.39 is 0 Å². The Labute approximate surface area is 152 Å². The summed E-state index contributed by atoms with van der Waals surface area (Å²) in [5, 5.41) is 14.9. The molecule has 0 spiro atoms. The fourth-order valence-corrected chi connectivity index (χ4v) is 3.83. The second kappa shape index (κ2) is 6.68. The summed E-state index contributed by atoms with van der Waals surface area (Å²) in [6.45, 7) is 7.24. The molecule has 1 aliphatic rings. The van der Waals surface area contributed by atoms with Crippen LogP contribution in [0.3, 0.4) is 0 Å². The molecule has 0 amide bonds. The van der Waals surface area contributed by atoms with Gasteiger partial charge in [-0.05, 0) is 57.1 Å². The summed E-state index contributed by atoms with van der Waals surface area (Å²) >= 11 is 0. The zero-order valence-corrected chi connectivity index (χ0v) is 15.1. The van der Waals surface area contributed by atoms with Gasteiger partial charge in [0.1, 0.15) is 5.82 Å². The summed E-state index contributed by atoms with van der Waals surface area (Å²) in [5.41, 5.74) is 3.99. The number of fused-ring (bicyclic) bond motifs is 1. The van der Waals surface area contributed by atoms with Gasteiger partial charge in [0.15, 0.2) is 5.65 Å². The lowest BCUT2D eigenvalue weighted by Crippen LogP contribution is -2.32. The monoisotopic (exact) mass is 354 g/mol. The molecule has 1 fully saturated rings. The fourth-order valence-electron chi connectivity index (χ4n) is 3.83. The van der Waals surface area contributed by atoms with Crippen LogP contribution in [-0.4, -0.2) is 44.2 Å². The third-order valence-corrected chi connectivity index (χ3v) is 5.35. The van der Waals surface area contributed by atoms with Gasteiger partial charge in [-0.3, -0.25) is 0 Å². The number of rotatable bonds is 3. The molecule has 5 nitrogen and oxygen atoms in total. The molecular formula is C20H23FN4O. The lowest BCUT2D eigenvalue weighted by Gasteiger charge is -2.30. The number of aromatic hydroxyl groups is 1. The van der Waals surface area contributed by atoms with Gasteiger partial charge in [-0.1, -0.05) is 19.1 Å². The van der Waals surface area contributed by atoms with Crippen molar-refractivity contribution in [3.8, 4) is 17.0 Å². The van der Waals surface area contributed by atoms with Crippen LogP contribution < -0.4 is 0 Å². The van der Waals surface area contributed by atoms with E-state index >= 15 is 0 Å². The Morgan fingerprint density at radius 1 is 1.19 bits per heavy atom. The molecular weight excluding hydrogens is 331 g/mol. The second-order valence-corrected chi connectivity index (χ2v) is 6.95. The topological polar surface area (TPSA) is 53.7 Å². The molecule has 4 rings (SSSR count). The first-order valence-electron chi connectivity index (χ1n) is 9.14. The van der Waals surface area contributed by atoms with Gasteiger partial charge in [0.05, 0.1) is 11.4 Å². The number of benzene rings is 1. The highest BCUT2D eigenvalue weighted by molar-refractivity contribution is 5.80. The normalized spacial score (nSPS) is 16.4. The van der Waals surface area contributed by atoms with Crippen molar-refractivity contribution in [1.82, 2.24) is 19.5 Å². The maximum Gasteiger partial charge on any atom is 0.215 e. The maximum absolute atomic E-state index is 13.3. The number of piperidine rings is 1. The van der Waals surface area contributed by atoms with E-state index in [1.54, 1.807) is 18.2 Å². The molecule has 3 aromatic rings. The van der Waals surface area contributed by atoms with Gasteiger partial charge >= 0.3 is 0 Å². The van der Waals surface area contributed by atoms with Crippen molar-refractivity contribution in [1.29, 1.82) is 0 Å². The van der Waals surface area contributed by atoms with E-state index in [0.29, 0.717) is 11.6 Å². The summed E-state index contributed by atoms with van der Waals surface area (Å²) in [7, 11) is 0. The van der Waals surface area contributed by atoms with Crippen LogP contribution in [-0.2, 0) is 0 Å². The van der Waals surface area contributed by atoms with Crippen LogP contribution >= 0.6 is 0 Å². The fraction of sp³-hybridized carbons (Fsp3) is 0.400. The second-order valence-electron chi connectivity index (χ2n) is 6.95. The highest BCUT2D eigenvalue weighted by Crippen LogP contribution is 2.33. The zero-order valence-electron chi connectivity index (χ0n) is 15.1. The molecule has 1 aliphatic heterocycles.